The molecule has 32 heavy (non-hydrogen) atoms. The maximum Gasteiger partial charge on any atom is 0.269 e. The zero-order valence-electron chi connectivity index (χ0n) is 17.7. The molecule has 2 amide bonds. The van der Waals surface area contributed by atoms with E-state index in [1.54, 1.807) is 24.3 Å². The normalized spacial score (nSPS) is 22.5. The van der Waals surface area contributed by atoms with Crippen molar-refractivity contribution in [2.45, 2.75) is 25.3 Å². The first-order chi connectivity index (χ1) is 15.4. The molecular formula is C22H24F2N6O2. The number of fused-ring (bicyclic) bond motifs is 1. The van der Waals surface area contributed by atoms with Gasteiger partial charge in [0.25, 0.3) is 5.91 Å². The minimum atomic E-state index is -0.632. The molecule has 2 aromatic rings. The molecule has 0 unspecified atom stereocenters. The second-order valence-corrected chi connectivity index (χ2v) is 8.63. The molecule has 3 aliphatic heterocycles. The number of benzene rings is 1. The summed E-state index contributed by atoms with van der Waals surface area (Å²) in [6, 6.07) is 4.69. The monoisotopic (exact) mass is 442 g/mol. The van der Waals surface area contributed by atoms with Crippen molar-refractivity contribution >= 4 is 17.8 Å². The highest BCUT2D eigenvalue weighted by molar-refractivity contribution is 5.92. The van der Waals surface area contributed by atoms with Gasteiger partial charge in [0.2, 0.25) is 11.9 Å². The van der Waals surface area contributed by atoms with E-state index in [9.17, 15) is 18.4 Å². The van der Waals surface area contributed by atoms with Crippen LogP contribution in [0.3, 0.4) is 0 Å². The Bertz CT molecular complexity index is 1050. The van der Waals surface area contributed by atoms with Gasteiger partial charge >= 0.3 is 0 Å². The van der Waals surface area contributed by atoms with E-state index in [1.807, 2.05) is 9.91 Å². The average Bonchev–Trinajstić information content (AvgIpc) is 3.31. The molecule has 3 saturated heterocycles. The van der Waals surface area contributed by atoms with Crippen LogP contribution in [-0.2, 0) is 4.79 Å². The Morgan fingerprint density at radius 3 is 2.56 bits per heavy atom. The molecule has 0 aliphatic carbocycles. The minimum absolute atomic E-state index is 0.0179. The number of aromatic nitrogens is 2. The van der Waals surface area contributed by atoms with Gasteiger partial charge in [-0.05, 0) is 43.0 Å². The number of halogens is 2. The third-order valence-corrected chi connectivity index (χ3v) is 6.78. The SMILES string of the molecule is CNC(=O)c1ccnc(N2CCC3(CC2)CN2CC[C@@H](c4cc(F)cc(F)c4)N2C3=O)n1. The first-order valence-electron chi connectivity index (χ1n) is 10.7. The molecule has 1 spiro atoms. The van der Waals surface area contributed by atoms with Gasteiger partial charge in [-0.3, -0.25) is 14.6 Å². The fourth-order valence-corrected chi connectivity index (χ4v) is 5.12. The van der Waals surface area contributed by atoms with Crippen LogP contribution in [0.4, 0.5) is 14.7 Å². The lowest BCUT2D eigenvalue weighted by atomic mass is 9.78. The van der Waals surface area contributed by atoms with E-state index in [2.05, 4.69) is 15.3 Å². The van der Waals surface area contributed by atoms with E-state index in [-0.39, 0.29) is 17.9 Å². The lowest BCUT2D eigenvalue weighted by molar-refractivity contribution is -0.143. The number of hydrazine groups is 1. The second kappa shape index (κ2) is 7.77. The van der Waals surface area contributed by atoms with Gasteiger partial charge < -0.3 is 10.2 Å². The van der Waals surface area contributed by atoms with Crippen LogP contribution in [0.2, 0.25) is 0 Å². The molecule has 8 nitrogen and oxygen atoms in total. The molecule has 1 aromatic heterocycles. The number of hydrogen-bond donors (Lipinski definition) is 1. The number of hydrogen-bond acceptors (Lipinski definition) is 6. The number of amides is 2. The lowest BCUT2D eigenvalue weighted by Gasteiger charge is -2.37. The van der Waals surface area contributed by atoms with Gasteiger partial charge in [-0.25, -0.2) is 23.8 Å². The van der Waals surface area contributed by atoms with Crippen LogP contribution in [0.15, 0.2) is 30.5 Å². The summed E-state index contributed by atoms with van der Waals surface area (Å²) < 4.78 is 27.6. The summed E-state index contributed by atoms with van der Waals surface area (Å²) in [7, 11) is 1.55. The highest BCUT2D eigenvalue weighted by atomic mass is 19.1. The number of carbonyl (C=O) groups excluding carboxylic acids is 2. The molecule has 5 rings (SSSR count). The third-order valence-electron chi connectivity index (χ3n) is 6.78. The average molecular weight is 442 g/mol. The summed E-state index contributed by atoms with van der Waals surface area (Å²) in [6.07, 6.45) is 3.45. The molecule has 1 aromatic carbocycles. The number of piperidine rings is 1. The van der Waals surface area contributed by atoms with Crippen molar-refractivity contribution in [3.8, 4) is 0 Å². The van der Waals surface area contributed by atoms with E-state index < -0.39 is 17.0 Å². The molecule has 1 N–H and O–H groups in total. The molecular weight excluding hydrogens is 418 g/mol. The number of nitrogens with zero attached hydrogens (tertiary/aromatic N) is 5. The van der Waals surface area contributed by atoms with Crippen LogP contribution in [-0.4, -0.2) is 65.0 Å². The van der Waals surface area contributed by atoms with Crippen LogP contribution < -0.4 is 10.2 Å². The summed E-state index contributed by atoms with van der Waals surface area (Å²) >= 11 is 0. The van der Waals surface area contributed by atoms with Gasteiger partial charge in [-0.15, -0.1) is 0 Å². The highest BCUT2D eigenvalue weighted by Crippen LogP contribution is 2.47. The van der Waals surface area contributed by atoms with Crippen molar-refractivity contribution in [1.82, 2.24) is 25.3 Å². The van der Waals surface area contributed by atoms with Crippen molar-refractivity contribution in [2.24, 2.45) is 5.41 Å². The second-order valence-electron chi connectivity index (χ2n) is 8.63. The van der Waals surface area contributed by atoms with E-state index in [0.717, 1.165) is 6.07 Å². The molecule has 1 atom stereocenters. The fraction of sp³-hybridized carbons (Fsp3) is 0.455. The Balaban J connectivity index is 1.32. The Morgan fingerprint density at radius 2 is 1.88 bits per heavy atom. The van der Waals surface area contributed by atoms with Crippen LogP contribution in [0, 0.1) is 17.0 Å². The summed E-state index contributed by atoms with van der Waals surface area (Å²) in [5.74, 6) is -1.05. The maximum absolute atomic E-state index is 13.8. The van der Waals surface area contributed by atoms with Gasteiger partial charge in [0, 0.05) is 45.5 Å². The number of carbonyl (C=O) groups is 2. The van der Waals surface area contributed by atoms with Crippen molar-refractivity contribution in [2.75, 3.05) is 38.1 Å². The smallest absolute Gasteiger partial charge is 0.269 e. The Hall–Kier alpha value is -3.14. The van der Waals surface area contributed by atoms with Crippen molar-refractivity contribution in [3.63, 3.8) is 0 Å². The first-order valence-corrected chi connectivity index (χ1v) is 10.7. The highest BCUT2D eigenvalue weighted by Gasteiger charge is 2.56. The molecule has 0 radical (unpaired) electrons. The van der Waals surface area contributed by atoms with Crippen molar-refractivity contribution in [1.29, 1.82) is 0 Å². The van der Waals surface area contributed by atoms with Gasteiger partial charge in [0.1, 0.15) is 17.3 Å². The maximum atomic E-state index is 13.8. The quantitative estimate of drug-likeness (QED) is 0.782. The molecule has 0 bridgehead atoms. The molecule has 4 heterocycles. The van der Waals surface area contributed by atoms with Gasteiger partial charge in [0.15, 0.2) is 0 Å². The van der Waals surface area contributed by atoms with Crippen LogP contribution in [0.25, 0.3) is 0 Å². The fourth-order valence-electron chi connectivity index (χ4n) is 5.12. The summed E-state index contributed by atoms with van der Waals surface area (Å²) in [5, 5.41) is 6.29. The van der Waals surface area contributed by atoms with Crippen molar-refractivity contribution < 1.29 is 18.4 Å². The van der Waals surface area contributed by atoms with Gasteiger partial charge in [0.05, 0.1) is 11.5 Å². The predicted octanol–water partition coefficient (Wildman–Crippen LogP) is 1.91. The Kier molecular flexibility index (Phi) is 5.04. The molecule has 3 aliphatic rings. The van der Waals surface area contributed by atoms with E-state index >= 15 is 0 Å². The minimum Gasteiger partial charge on any atom is -0.354 e. The molecule has 0 saturated carbocycles. The molecule has 3 fully saturated rings. The lowest BCUT2D eigenvalue weighted by Crippen LogP contribution is -2.46. The molecule has 168 valence electrons. The summed E-state index contributed by atoms with van der Waals surface area (Å²) in [6.45, 7) is 2.46. The Morgan fingerprint density at radius 1 is 1.16 bits per heavy atom. The first kappa shape index (κ1) is 20.7. The van der Waals surface area contributed by atoms with E-state index in [0.29, 0.717) is 62.6 Å². The van der Waals surface area contributed by atoms with E-state index in [1.165, 1.54) is 12.1 Å². The van der Waals surface area contributed by atoms with Crippen LogP contribution >= 0.6 is 0 Å². The van der Waals surface area contributed by atoms with Crippen LogP contribution in [0.1, 0.15) is 41.4 Å². The standard InChI is InChI=1S/C22H24F2N6O2/c1-25-19(31)17-2-6-26-21(27-17)28-8-4-22(5-9-28)13-29-7-3-18(30(29)20(22)32)14-10-15(23)12-16(24)11-14/h2,6,10-12,18H,3-5,7-9,13H2,1H3,(H,25,31)/t18-/m0/s1. The topological polar surface area (TPSA) is 81.7 Å². The summed E-state index contributed by atoms with van der Waals surface area (Å²) in [5.41, 5.74) is 0.262. The number of anilines is 1. The molecule has 10 heteroatoms. The largest absolute Gasteiger partial charge is 0.354 e. The Labute approximate surface area is 184 Å². The predicted molar refractivity (Wildman–Crippen MR) is 111 cm³/mol. The van der Waals surface area contributed by atoms with Crippen molar-refractivity contribution in [3.05, 3.63) is 53.4 Å². The summed E-state index contributed by atoms with van der Waals surface area (Å²) in [4.78, 5) is 36.1. The zero-order chi connectivity index (χ0) is 22.5. The number of rotatable bonds is 3. The van der Waals surface area contributed by atoms with E-state index in [4.69, 9.17) is 0 Å². The van der Waals surface area contributed by atoms with Gasteiger partial charge in [-0.2, -0.15) is 0 Å². The third kappa shape index (κ3) is 3.38. The zero-order valence-corrected chi connectivity index (χ0v) is 17.7. The van der Waals surface area contributed by atoms with Gasteiger partial charge in [-0.1, -0.05) is 0 Å². The van der Waals surface area contributed by atoms with Crippen LogP contribution in [0.5, 0.6) is 0 Å². The number of nitrogens with one attached hydrogen (secondary N) is 1.